The molecule has 0 N–H and O–H groups in total. The van der Waals surface area contributed by atoms with Crippen molar-refractivity contribution in [1.82, 2.24) is 19.4 Å². The van der Waals surface area contributed by atoms with Gasteiger partial charge in [0.05, 0.1) is 5.52 Å². The molecule has 2 aliphatic rings. The Morgan fingerprint density at radius 1 is 0.970 bits per heavy atom. The third-order valence-electron chi connectivity index (χ3n) is 6.98. The van der Waals surface area contributed by atoms with Gasteiger partial charge in [-0.1, -0.05) is 54.1 Å². The highest BCUT2D eigenvalue weighted by molar-refractivity contribution is 5.81. The molecule has 0 spiro atoms. The molecule has 33 heavy (non-hydrogen) atoms. The van der Waals surface area contributed by atoms with E-state index in [0.29, 0.717) is 17.7 Å². The number of pyridine rings is 1. The first-order valence-electron chi connectivity index (χ1n) is 11.9. The number of hydrogen-bond acceptors (Lipinski definition) is 3. The van der Waals surface area contributed by atoms with Gasteiger partial charge >= 0.3 is 0 Å². The van der Waals surface area contributed by atoms with Gasteiger partial charge in [-0.15, -0.1) is 0 Å². The minimum Gasteiger partial charge on any atom is -0.342 e. The number of carbonyl (C=O) groups is 1. The summed E-state index contributed by atoms with van der Waals surface area (Å²) in [6.07, 6.45) is 4.99. The Labute approximate surface area is 194 Å². The van der Waals surface area contributed by atoms with Gasteiger partial charge in [0.25, 0.3) is 0 Å². The first-order valence-corrected chi connectivity index (χ1v) is 11.9. The summed E-state index contributed by atoms with van der Waals surface area (Å²) in [4.78, 5) is 24.0. The molecule has 2 fully saturated rings. The third-order valence-corrected chi connectivity index (χ3v) is 6.98. The van der Waals surface area contributed by atoms with Gasteiger partial charge < -0.3 is 9.47 Å². The molecule has 4 aromatic rings. The normalized spacial score (nSPS) is 18.2. The Kier molecular flexibility index (Phi) is 4.97. The third kappa shape index (κ3) is 3.92. The Hall–Kier alpha value is -3.47. The minimum atomic E-state index is 0.296. The number of nitrogens with zero attached hydrogens (tertiary/aromatic N) is 4. The van der Waals surface area contributed by atoms with Crippen LogP contribution in [0.15, 0.2) is 66.9 Å². The predicted molar refractivity (Wildman–Crippen MR) is 131 cm³/mol. The van der Waals surface area contributed by atoms with Gasteiger partial charge in [-0.25, -0.2) is 9.97 Å². The summed E-state index contributed by atoms with van der Waals surface area (Å²) in [6, 6.07) is 21.3. The van der Waals surface area contributed by atoms with Gasteiger partial charge in [-0.2, -0.15) is 0 Å². The van der Waals surface area contributed by atoms with Crippen LogP contribution in [0.4, 0.5) is 0 Å². The van der Waals surface area contributed by atoms with E-state index in [-0.39, 0.29) is 0 Å². The Morgan fingerprint density at radius 3 is 2.58 bits per heavy atom. The van der Waals surface area contributed by atoms with Crippen LogP contribution in [0.3, 0.4) is 0 Å². The summed E-state index contributed by atoms with van der Waals surface area (Å²) in [6.45, 7) is 4.70. The molecule has 5 heteroatoms. The molecule has 5 nitrogen and oxygen atoms in total. The molecule has 2 aromatic heterocycles. The van der Waals surface area contributed by atoms with Crippen LogP contribution in [-0.2, 0) is 11.3 Å². The molecule has 1 saturated heterocycles. The lowest BCUT2D eigenvalue weighted by atomic mass is 10.0. The lowest BCUT2D eigenvalue weighted by Gasteiger charge is -2.17. The van der Waals surface area contributed by atoms with Gasteiger partial charge in [0.2, 0.25) is 5.91 Å². The van der Waals surface area contributed by atoms with Gasteiger partial charge in [-0.3, -0.25) is 4.79 Å². The first kappa shape index (κ1) is 20.2. The Morgan fingerprint density at radius 2 is 1.79 bits per heavy atom. The van der Waals surface area contributed by atoms with Crippen LogP contribution >= 0.6 is 0 Å². The molecule has 0 bridgehead atoms. The van der Waals surface area contributed by atoms with Crippen LogP contribution in [0.1, 0.15) is 24.8 Å². The molecular weight excluding hydrogens is 408 g/mol. The minimum absolute atomic E-state index is 0.296. The van der Waals surface area contributed by atoms with Crippen LogP contribution < -0.4 is 0 Å². The second-order valence-electron chi connectivity index (χ2n) is 9.55. The number of aryl methyl sites for hydroxylation is 1. The second-order valence-corrected chi connectivity index (χ2v) is 9.55. The molecule has 1 aliphatic carbocycles. The van der Waals surface area contributed by atoms with Crippen LogP contribution in [-0.4, -0.2) is 38.4 Å². The standard InChI is InChI=1S/C28H28N4O/c1-19-4-2-5-24(16-19)21-7-9-22(10-8-21)27-30-26-25(6-3-14-29-26)32(27)18-20-13-15-31(17-20)28(33)23-11-12-23/h2-10,14,16,20,23H,11-13,15,17-18H2,1H3/t20-/m1/s1. The van der Waals surface area contributed by atoms with E-state index in [4.69, 9.17) is 4.98 Å². The molecular formula is C28H28N4O. The molecule has 0 unspecified atom stereocenters. The van der Waals surface area contributed by atoms with Crippen LogP contribution in [0.5, 0.6) is 0 Å². The molecule has 1 amide bonds. The van der Waals surface area contributed by atoms with Crippen molar-refractivity contribution < 1.29 is 4.79 Å². The Balaban J connectivity index is 1.30. The van der Waals surface area contributed by atoms with Gasteiger partial charge in [0, 0.05) is 37.3 Å². The van der Waals surface area contributed by atoms with E-state index in [0.717, 1.165) is 61.4 Å². The highest BCUT2D eigenvalue weighted by atomic mass is 16.2. The fraction of sp³-hybridized carbons (Fsp3) is 0.321. The zero-order valence-electron chi connectivity index (χ0n) is 18.9. The Bertz CT molecular complexity index is 1320. The van der Waals surface area contributed by atoms with Crippen LogP contribution in [0, 0.1) is 18.8 Å². The maximum Gasteiger partial charge on any atom is 0.225 e. The van der Waals surface area contributed by atoms with Crippen LogP contribution in [0.25, 0.3) is 33.7 Å². The van der Waals surface area contributed by atoms with Gasteiger partial charge in [0.1, 0.15) is 5.82 Å². The van der Waals surface area contributed by atoms with E-state index >= 15 is 0 Å². The number of likely N-dealkylation sites (tertiary alicyclic amines) is 1. The number of imidazole rings is 1. The molecule has 6 rings (SSSR count). The monoisotopic (exact) mass is 436 g/mol. The summed E-state index contributed by atoms with van der Waals surface area (Å²) in [5.41, 5.74) is 6.61. The molecule has 1 aliphatic heterocycles. The lowest BCUT2D eigenvalue weighted by molar-refractivity contribution is -0.131. The molecule has 3 heterocycles. The highest BCUT2D eigenvalue weighted by Gasteiger charge is 2.36. The summed E-state index contributed by atoms with van der Waals surface area (Å²) < 4.78 is 2.31. The number of carbonyl (C=O) groups excluding carboxylic acids is 1. The van der Waals surface area contributed by atoms with E-state index in [2.05, 4.69) is 76.0 Å². The first-order chi connectivity index (χ1) is 16.2. The fourth-order valence-corrected chi connectivity index (χ4v) is 5.03. The number of amides is 1. The molecule has 166 valence electrons. The summed E-state index contributed by atoms with van der Waals surface area (Å²) in [5, 5.41) is 0. The van der Waals surface area contributed by atoms with Crippen molar-refractivity contribution in [3.8, 4) is 22.5 Å². The summed E-state index contributed by atoms with van der Waals surface area (Å²) in [7, 11) is 0. The van der Waals surface area contributed by atoms with E-state index in [1.807, 2.05) is 6.07 Å². The van der Waals surface area contributed by atoms with Crippen molar-refractivity contribution in [2.45, 2.75) is 32.7 Å². The SMILES string of the molecule is Cc1cccc(-c2ccc(-c3nc4ncccc4n3C[C@@H]3CCN(C(=O)C4CC4)C3)cc2)c1. The predicted octanol–water partition coefficient (Wildman–Crippen LogP) is 5.33. The number of rotatable bonds is 5. The van der Waals surface area contributed by atoms with E-state index in [1.165, 1.54) is 16.7 Å². The second kappa shape index (κ2) is 8.14. The van der Waals surface area contributed by atoms with Crippen LogP contribution in [0.2, 0.25) is 0 Å². The average molecular weight is 437 g/mol. The van der Waals surface area contributed by atoms with Crippen molar-refractivity contribution >= 4 is 17.1 Å². The smallest absolute Gasteiger partial charge is 0.225 e. The largest absolute Gasteiger partial charge is 0.342 e. The molecule has 2 aromatic carbocycles. The molecule has 0 radical (unpaired) electrons. The zero-order valence-corrected chi connectivity index (χ0v) is 18.9. The lowest BCUT2D eigenvalue weighted by Crippen LogP contribution is -2.30. The maximum absolute atomic E-state index is 12.5. The molecule has 1 saturated carbocycles. The van der Waals surface area contributed by atoms with Crippen molar-refractivity contribution in [2.75, 3.05) is 13.1 Å². The number of aromatic nitrogens is 3. The van der Waals surface area contributed by atoms with E-state index in [1.54, 1.807) is 6.20 Å². The molecule has 1 atom stereocenters. The topological polar surface area (TPSA) is 51.0 Å². The maximum atomic E-state index is 12.5. The zero-order chi connectivity index (χ0) is 22.4. The van der Waals surface area contributed by atoms with Crippen molar-refractivity contribution in [3.63, 3.8) is 0 Å². The van der Waals surface area contributed by atoms with Crippen molar-refractivity contribution in [2.24, 2.45) is 11.8 Å². The van der Waals surface area contributed by atoms with E-state index < -0.39 is 0 Å². The summed E-state index contributed by atoms with van der Waals surface area (Å²) in [5.74, 6) is 2.05. The summed E-state index contributed by atoms with van der Waals surface area (Å²) >= 11 is 0. The van der Waals surface area contributed by atoms with Crippen molar-refractivity contribution in [3.05, 3.63) is 72.4 Å². The highest BCUT2D eigenvalue weighted by Crippen LogP contribution is 2.34. The number of benzene rings is 2. The fourth-order valence-electron chi connectivity index (χ4n) is 5.03. The quantitative estimate of drug-likeness (QED) is 0.425. The number of fused-ring (bicyclic) bond motifs is 1. The van der Waals surface area contributed by atoms with Gasteiger partial charge in [0.15, 0.2) is 5.65 Å². The average Bonchev–Trinajstić information content (AvgIpc) is 3.49. The van der Waals surface area contributed by atoms with Gasteiger partial charge in [-0.05, 0) is 55.4 Å². The van der Waals surface area contributed by atoms with E-state index in [9.17, 15) is 4.79 Å². The van der Waals surface area contributed by atoms with Crippen molar-refractivity contribution in [1.29, 1.82) is 0 Å². The number of hydrogen-bond donors (Lipinski definition) is 0.